The summed E-state index contributed by atoms with van der Waals surface area (Å²) in [5.74, 6) is 0. The lowest BCUT2D eigenvalue weighted by atomic mass is 9.82. The van der Waals surface area contributed by atoms with E-state index in [0.29, 0.717) is 12.0 Å². The molecule has 1 atom stereocenters. The molecule has 1 aliphatic heterocycles. The topological polar surface area (TPSA) is 29.3 Å². The number of halogens is 2. The summed E-state index contributed by atoms with van der Waals surface area (Å²) in [6.07, 6.45) is 3.69. The second kappa shape index (κ2) is 6.65. The maximum atomic E-state index is 6.35. The third kappa shape index (κ3) is 3.14. The molecule has 0 aliphatic carbocycles. The quantitative estimate of drug-likeness (QED) is 0.866. The second-order valence-electron chi connectivity index (χ2n) is 5.84. The number of hydrogen-bond acceptors (Lipinski definition) is 2. The summed E-state index contributed by atoms with van der Waals surface area (Å²) in [7, 11) is 0. The van der Waals surface area contributed by atoms with Gasteiger partial charge in [0.15, 0.2) is 0 Å². The van der Waals surface area contributed by atoms with Crippen molar-refractivity contribution in [1.82, 2.24) is 4.90 Å². The molecule has 20 heavy (non-hydrogen) atoms. The molecular weight excluding hydrogens is 291 g/mol. The summed E-state index contributed by atoms with van der Waals surface area (Å²) in [5.41, 5.74) is 7.53. The van der Waals surface area contributed by atoms with Crippen molar-refractivity contribution in [2.75, 3.05) is 19.6 Å². The number of hydrogen-bond donors (Lipinski definition) is 1. The maximum Gasteiger partial charge on any atom is 0.0485 e. The van der Waals surface area contributed by atoms with Gasteiger partial charge in [0.2, 0.25) is 0 Å². The fourth-order valence-electron chi connectivity index (χ4n) is 3.31. The Morgan fingerprint density at radius 2 is 2.00 bits per heavy atom. The number of nitrogens with two attached hydrogens (primary N) is 1. The molecule has 0 aromatic heterocycles. The van der Waals surface area contributed by atoms with Crippen LogP contribution < -0.4 is 5.73 Å². The normalized spacial score (nSPS) is 20.2. The zero-order valence-corrected chi connectivity index (χ0v) is 13.8. The summed E-state index contributed by atoms with van der Waals surface area (Å²) < 4.78 is 0. The van der Waals surface area contributed by atoms with Crippen LogP contribution in [0.3, 0.4) is 0 Å². The van der Waals surface area contributed by atoms with Gasteiger partial charge in [-0.2, -0.15) is 0 Å². The van der Waals surface area contributed by atoms with Gasteiger partial charge in [-0.25, -0.2) is 0 Å². The highest BCUT2D eigenvalue weighted by Crippen LogP contribution is 2.41. The van der Waals surface area contributed by atoms with Gasteiger partial charge in [0.25, 0.3) is 0 Å². The van der Waals surface area contributed by atoms with Crippen molar-refractivity contribution in [1.29, 1.82) is 0 Å². The highest BCUT2D eigenvalue weighted by molar-refractivity contribution is 6.33. The Labute approximate surface area is 132 Å². The SMILES string of the molecule is CCC1(CC)CCN(C(CN)c2cc(Cl)ccc2Cl)C1. The van der Waals surface area contributed by atoms with Crippen LogP contribution in [0.1, 0.15) is 44.7 Å². The highest BCUT2D eigenvalue weighted by Gasteiger charge is 2.38. The minimum Gasteiger partial charge on any atom is -0.329 e. The zero-order chi connectivity index (χ0) is 14.8. The molecule has 2 rings (SSSR count). The zero-order valence-electron chi connectivity index (χ0n) is 12.3. The van der Waals surface area contributed by atoms with Gasteiger partial charge in [0.05, 0.1) is 0 Å². The smallest absolute Gasteiger partial charge is 0.0485 e. The number of likely N-dealkylation sites (tertiary alicyclic amines) is 1. The molecule has 0 spiro atoms. The molecule has 0 radical (unpaired) electrons. The first-order valence-electron chi connectivity index (χ1n) is 7.44. The molecule has 4 heteroatoms. The van der Waals surface area contributed by atoms with Crippen molar-refractivity contribution in [2.24, 2.45) is 11.1 Å². The molecule has 0 bridgehead atoms. The maximum absolute atomic E-state index is 6.35. The minimum absolute atomic E-state index is 0.168. The Kier molecular flexibility index (Phi) is 5.36. The molecule has 1 unspecified atom stereocenters. The van der Waals surface area contributed by atoms with E-state index in [-0.39, 0.29) is 6.04 Å². The summed E-state index contributed by atoms with van der Waals surface area (Å²) in [6.45, 7) is 7.34. The molecule has 1 aromatic carbocycles. The van der Waals surface area contributed by atoms with Crippen LogP contribution in [0.5, 0.6) is 0 Å². The van der Waals surface area contributed by atoms with Crippen molar-refractivity contribution >= 4 is 23.2 Å². The average molecular weight is 315 g/mol. The van der Waals surface area contributed by atoms with E-state index in [1.165, 1.54) is 19.3 Å². The molecule has 112 valence electrons. The van der Waals surface area contributed by atoms with Crippen LogP contribution in [0, 0.1) is 5.41 Å². The average Bonchev–Trinajstić information content (AvgIpc) is 2.88. The molecule has 1 heterocycles. The largest absolute Gasteiger partial charge is 0.329 e. The molecular formula is C16H24Cl2N2. The van der Waals surface area contributed by atoms with E-state index in [1.807, 2.05) is 18.2 Å². The van der Waals surface area contributed by atoms with Crippen LogP contribution in [0.15, 0.2) is 18.2 Å². The Bertz CT molecular complexity index is 458. The Morgan fingerprint density at radius 3 is 2.55 bits per heavy atom. The van der Waals surface area contributed by atoms with Crippen molar-refractivity contribution < 1.29 is 0 Å². The third-order valence-electron chi connectivity index (χ3n) is 4.95. The Morgan fingerprint density at radius 1 is 1.30 bits per heavy atom. The lowest BCUT2D eigenvalue weighted by Gasteiger charge is -2.31. The van der Waals surface area contributed by atoms with E-state index in [0.717, 1.165) is 28.7 Å². The van der Waals surface area contributed by atoms with Crippen molar-refractivity contribution in [3.63, 3.8) is 0 Å². The number of rotatable bonds is 5. The molecule has 1 fully saturated rings. The van der Waals surface area contributed by atoms with Gasteiger partial charge in [-0.3, -0.25) is 4.90 Å². The fourth-order valence-corrected chi connectivity index (χ4v) is 3.73. The molecule has 0 saturated carbocycles. The highest BCUT2D eigenvalue weighted by atomic mass is 35.5. The third-order valence-corrected chi connectivity index (χ3v) is 5.53. The minimum atomic E-state index is 0.168. The Balaban J connectivity index is 2.23. The summed E-state index contributed by atoms with van der Waals surface area (Å²) in [5, 5.41) is 1.48. The van der Waals surface area contributed by atoms with Gasteiger partial charge in [0, 0.05) is 29.2 Å². The lowest BCUT2D eigenvalue weighted by Crippen LogP contribution is -2.34. The number of benzene rings is 1. The Hall–Kier alpha value is -0.280. The van der Waals surface area contributed by atoms with E-state index in [1.54, 1.807) is 0 Å². The van der Waals surface area contributed by atoms with Crippen LogP contribution in [0.4, 0.5) is 0 Å². The van der Waals surface area contributed by atoms with E-state index >= 15 is 0 Å². The first-order valence-corrected chi connectivity index (χ1v) is 8.20. The van der Waals surface area contributed by atoms with Crippen LogP contribution in [0.2, 0.25) is 10.0 Å². The fraction of sp³-hybridized carbons (Fsp3) is 0.625. The van der Waals surface area contributed by atoms with Crippen molar-refractivity contribution in [2.45, 2.75) is 39.2 Å². The van der Waals surface area contributed by atoms with Gasteiger partial charge in [-0.15, -0.1) is 0 Å². The van der Waals surface area contributed by atoms with Gasteiger partial charge >= 0.3 is 0 Å². The standard InChI is InChI=1S/C16H24Cl2N2/c1-3-16(4-2)7-8-20(11-16)15(10-19)13-9-12(17)5-6-14(13)18/h5-6,9,15H,3-4,7-8,10-11,19H2,1-2H3. The monoisotopic (exact) mass is 314 g/mol. The van der Waals surface area contributed by atoms with Crippen LogP contribution >= 0.6 is 23.2 Å². The van der Waals surface area contributed by atoms with Crippen molar-refractivity contribution in [3.05, 3.63) is 33.8 Å². The summed E-state index contributed by atoms with van der Waals surface area (Å²) in [4.78, 5) is 2.48. The first-order chi connectivity index (χ1) is 9.55. The van der Waals surface area contributed by atoms with Gasteiger partial charge < -0.3 is 5.73 Å². The predicted molar refractivity (Wildman–Crippen MR) is 87.5 cm³/mol. The van der Waals surface area contributed by atoms with Crippen molar-refractivity contribution in [3.8, 4) is 0 Å². The summed E-state index contributed by atoms with van der Waals surface area (Å²) >= 11 is 12.5. The molecule has 0 amide bonds. The van der Waals surface area contributed by atoms with Gasteiger partial charge in [-0.1, -0.05) is 37.0 Å². The molecule has 1 aliphatic rings. The van der Waals surface area contributed by atoms with E-state index in [9.17, 15) is 0 Å². The van der Waals surface area contributed by atoms with Gasteiger partial charge in [0.1, 0.15) is 0 Å². The molecule has 2 N–H and O–H groups in total. The van der Waals surface area contributed by atoms with E-state index in [4.69, 9.17) is 28.9 Å². The first kappa shape index (κ1) is 16.1. The van der Waals surface area contributed by atoms with E-state index in [2.05, 4.69) is 18.7 Å². The molecule has 2 nitrogen and oxygen atoms in total. The molecule has 1 aromatic rings. The van der Waals surface area contributed by atoms with Crippen LogP contribution in [-0.4, -0.2) is 24.5 Å². The molecule has 1 saturated heterocycles. The van der Waals surface area contributed by atoms with Crippen LogP contribution in [-0.2, 0) is 0 Å². The van der Waals surface area contributed by atoms with Gasteiger partial charge in [-0.05, 0) is 55.0 Å². The number of nitrogens with zero attached hydrogens (tertiary/aromatic N) is 1. The predicted octanol–water partition coefficient (Wildman–Crippen LogP) is 4.51. The second-order valence-corrected chi connectivity index (χ2v) is 6.69. The van der Waals surface area contributed by atoms with Crippen LogP contribution in [0.25, 0.3) is 0 Å². The lowest BCUT2D eigenvalue weighted by molar-refractivity contribution is 0.198. The van der Waals surface area contributed by atoms with E-state index < -0.39 is 0 Å². The summed E-state index contributed by atoms with van der Waals surface area (Å²) in [6, 6.07) is 5.82.